The van der Waals surface area contributed by atoms with Gasteiger partial charge in [0.2, 0.25) is 0 Å². The monoisotopic (exact) mass is 278 g/mol. The molecule has 0 aromatic heterocycles. The van der Waals surface area contributed by atoms with Gasteiger partial charge in [-0.1, -0.05) is 13.8 Å². The van der Waals surface area contributed by atoms with Crippen LogP contribution in [0, 0.1) is 5.92 Å². The van der Waals surface area contributed by atoms with E-state index in [9.17, 15) is 4.79 Å². The average Bonchev–Trinajstić information content (AvgIpc) is 2.79. The molecule has 0 aromatic carbocycles. The number of rotatable bonds is 6. The quantitative estimate of drug-likeness (QED) is 0.804. The van der Waals surface area contributed by atoms with Crippen LogP contribution in [0.15, 0.2) is 0 Å². The van der Waals surface area contributed by atoms with Crippen LogP contribution >= 0.6 is 12.4 Å². The zero-order chi connectivity index (χ0) is 12.8. The molecule has 4 nitrogen and oxygen atoms in total. The molecule has 2 unspecified atom stereocenters. The van der Waals surface area contributed by atoms with Crippen LogP contribution in [-0.2, 0) is 9.53 Å². The molecule has 0 aliphatic carbocycles. The lowest BCUT2D eigenvalue weighted by atomic mass is 10.1. The van der Waals surface area contributed by atoms with Crippen molar-refractivity contribution in [1.82, 2.24) is 10.2 Å². The van der Waals surface area contributed by atoms with Crippen molar-refractivity contribution in [2.75, 3.05) is 26.7 Å². The van der Waals surface area contributed by atoms with Gasteiger partial charge in [-0.05, 0) is 32.2 Å². The highest BCUT2D eigenvalue weighted by Gasteiger charge is 2.26. The van der Waals surface area contributed by atoms with Gasteiger partial charge in [-0.25, -0.2) is 0 Å². The first-order valence-electron chi connectivity index (χ1n) is 6.61. The van der Waals surface area contributed by atoms with Gasteiger partial charge in [0.1, 0.15) is 6.10 Å². The van der Waals surface area contributed by atoms with E-state index in [2.05, 4.69) is 19.2 Å². The summed E-state index contributed by atoms with van der Waals surface area (Å²) in [6.45, 7) is 8.74. The van der Waals surface area contributed by atoms with Crippen LogP contribution in [0.1, 0.15) is 33.6 Å². The third kappa shape index (κ3) is 5.55. The van der Waals surface area contributed by atoms with Gasteiger partial charge in [0, 0.05) is 26.2 Å². The Morgan fingerprint density at radius 2 is 2.11 bits per heavy atom. The van der Waals surface area contributed by atoms with Crippen LogP contribution in [-0.4, -0.2) is 49.7 Å². The lowest BCUT2D eigenvalue weighted by Gasteiger charge is -2.26. The number of nitrogens with one attached hydrogen (secondary N) is 1. The second kappa shape index (κ2) is 8.73. The number of likely N-dealkylation sites (N-methyl/N-ethyl adjacent to an activating group) is 1. The van der Waals surface area contributed by atoms with Crippen molar-refractivity contribution in [2.24, 2.45) is 5.92 Å². The van der Waals surface area contributed by atoms with E-state index in [1.54, 1.807) is 0 Å². The fourth-order valence-electron chi connectivity index (χ4n) is 1.99. The molecule has 1 amide bonds. The summed E-state index contributed by atoms with van der Waals surface area (Å²) in [7, 11) is 1.88. The van der Waals surface area contributed by atoms with E-state index in [1.165, 1.54) is 0 Å². The molecule has 1 N–H and O–H groups in total. The Balaban J connectivity index is 0.00000289. The Kier molecular flexibility index (Phi) is 8.57. The predicted octanol–water partition coefficient (Wildman–Crippen LogP) is 1.68. The van der Waals surface area contributed by atoms with Crippen LogP contribution < -0.4 is 5.32 Å². The van der Waals surface area contributed by atoms with Crippen molar-refractivity contribution < 1.29 is 9.53 Å². The van der Waals surface area contributed by atoms with Crippen molar-refractivity contribution in [3.05, 3.63) is 0 Å². The van der Waals surface area contributed by atoms with Crippen LogP contribution in [0.2, 0.25) is 0 Å². The molecule has 1 aliphatic rings. The normalized spacial score (nSPS) is 20.6. The minimum atomic E-state index is -0.320. The summed E-state index contributed by atoms with van der Waals surface area (Å²) in [5.74, 6) is 0.719. The Hall–Kier alpha value is -0.320. The molecular weight excluding hydrogens is 252 g/mol. The van der Waals surface area contributed by atoms with Crippen LogP contribution in [0.4, 0.5) is 0 Å². The smallest absolute Gasteiger partial charge is 0.251 e. The van der Waals surface area contributed by atoms with Gasteiger partial charge in [0.15, 0.2) is 0 Å². The molecule has 0 saturated carbocycles. The van der Waals surface area contributed by atoms with Gasteiger partial charge in [0.05, 0.1) is 0 Å². The van der Waals surface area contributed by atoms with E-state index >= 15 is 0 Å². The van der Waals surface area contributed by atoms with Gasteiger partial charge in [-0.15, -0.1) is 12.4 Å². The van der Waals surface area contributed by atoms with E-state index < -0.39 is 0 Å². The summed E-state index contributed by atoms with van der Waals surface area (Å²) >= 11 is 0. The SMILES string of the molecule is CC(C)CCOC(C)C(=O)N(C)C1CCNC1.Cl. The third-order valence-corrected chi connectivity index (χ3v) is 3.34. The number of ether oxygens (including phenoxy) is 1. The average molecular weight is 279 g/mol. The molecular formula is C13H27ClN2O2. The van der Waals surface area contributed by atoms with E-state index in [4.69, 9.17) is 4.74 Å². The van der Waals surface area contributed by atoms with E-state index in [1.807, 2.05) is 18.9 Å². The molecule has 5 heteroatoms. The maximum atomic E-state index is 12.1. The number of amides is 1. The minimum absolute atomic E-state index is 0. The third-order valence-electron chi connectivity index (χ3n) is 3.34. The fraction of sp³-hybridized carbons (Fsp3) is 0.923. The van der Waals surface area contributed by atoms with Crippen molar-refractivity contribution >= 4 is 18.3 Å². The van der Waals surface area contributed by atoms with Gasteiger partial charge in [-0.3, -0.25) is 4.79 Å². The van der Waals surface area contributed by atoms with Crippen molar-refractivity contribution in [3.8, 4) is 0 Å². The maximum Gasteiger partial charge on any atom is 0.251 e. The fourth-order valence-corrected chi connectivity index (χ4v) is 1.99. The first-order valence-corrected chi connectivity index (χ1v) is 6.61. The van der Waals surface area contributed by atoms with Crippen molar-refractivity contribution in [3.63, 3.8) is 0 Å². The number of hydrogen-bond acceptors (Lipinski definition) is 3. The highest BCUT2D eigenvalue weighted by atomic mass is 35.5. The predicted molar refractivity (Wildman–Crippen MR) is 76.2 cm³/mol. The summed E-state index contributed by atoms with van der Waals surface area (Å²) in [6.07, 6.45) is 1.73. The van der Waals surface area contributed by atoms with Crippen molar-refractivity contribution in [1.29, 1.82) is 0 Å². The molecule has 0 bridgehead atoms. The number of nitrogens with zero attached hydrogens (tertiary/aromatic N) is 1. The van der Waals surface area contributed by atoms with Gasteiger partial charge >= 0.3 is 0 Å². The topological polar surface area (TPSA) is 41.6 Å². The number of halogens is 1. The zero-order valence-electron chi connectivity index (χ0n) is 11.9. The second-order valence-corrected chi connectivity index (χ2v) is 5.29. The van der Waals surface area contributed by atoms with Crippen LogP contribution in [0.3, 0.4) is 0 Å². The van der Waals surface area contributed by atoms with Crippen LogP contribution in [0.5, 0.6) is 0 Å². The summed E-state index contributed by atoms with van der Waals surface area (Å²) < 4.78 is 5.58. The highest BCUT2D eigenvalue weighted by Crippen LogP contribution is 2.10. The van der Waals surface area contributed by atoms with Gasteiger partial charge in [-0.2, -0.15) is 0 Å². The van der Waals surface area contributed by atoms with E-state index in [0.29, 0.717) is 18.6 Å². The minimum Gasteiger partial charge on any atom is -0.369 e. The Morgan fingerprint density at radius 3 is 2.61 bits per heavy atom. The Bertz CT molecular complexity index is 243. The van der Waals surface area contributed by atoms with Crippen molar-refractivity contribution in [2.45, 2.75) is 45.8 Å². The first-order chi connectivity index (χ1) is 8.02. The molecule has 108 valence electrons. The lowest BCUT2D eigenvalue weighted by molar-refractivity contribution is -0.143. The molecule has 1 heterocycles. The highest BCUT2D eigenvalue weighted by molar-refractivity contribution is 5.85. The maximum absolute atomic E-state index is 12.1. The number of hydrogen-bond donors (Lipinski definition) is 1. The van der Waals surface area contributed by atoms with E-state index in [-0.39, 0.29) is 24.4 Å². The number of carbonyl (C=O) groups is 1. The Labute approximate surface area is 117 Å². The molecule has 0 radical (unpaired) electrons. The molecule has 0 aromatic rings. The summed E-state index contributed by atoms with van der Waals surface area (Å²) in [4.78, 5) is 13.9. The standard InChI is InChI=1S/C13H26N2O2.ClH/c1-10(2)6-8-17-11(3)13(16)15(4)12-5-7-14-9-12;/h10-12,14H,5-9H2,1-4H3;1H. The summed E-state index contributed by atoms with van der Waals surface area (Å²) in [6, 6.07) is 0.332. The number of carbonyl (C=O) groups excluding carboxylic acids is 1. The largest absolute Gasteiger partial charge is 0.369 e. The van der Waals surface area contributed by atoms with Gasteiger partial charge in [0.25, 0.3) is 5.91 Å². The molecule has 1 saturated heterocycles. The molecule has 18 heavy (non-hydrogen) atoms. The Morgan fingerprint density at radius 1 is 1.44 bits per heavy atom. The molecule has 0 spiro atoms. The molecule has 1 aliphatic heterocycles. The van der Waals surface area contributed by atoms with Crippen LogP contribution in [0.25, 0.3) is 0 Å². The van der Waals surface area contributed by atoms with E-state index in [0.717, 1.165) is 25.9 Å². The zero-order valence-corrected chi connectivity index (χ0v) is 12.8. The molecule has 2 atom stereocenters. The summed E-state index contributed by atoms with van der Waals surface area (Å²) in [5.41, 5.74) is 0. The second-order valence-electron chi connectivity index (χ2n) is 5.29. The summed E-state index contributed by atoms with van der Waals surface area (Å²) in [5, 5.41) is 3.27. The molecule has 1 fully saturated rings. The molecule has 1 rings (SSSR count). The first kappa shape index (κ1) is 17.7. The lowest BCUT2D eigenvalue weighted by Crippen LogP contribution is -2.44. The van der Waals surface area contributed by atoms with Gasteiger partial charge < -0.3 is 15.0 Å².